The van der Waals surface area contributed by atoms with Gasteiger partial charge in [0.05, 0.1) is 12.6 Å². The summed E-state index contributed by atoms with van der Waals surface area (Å²) in [5, 5.41) is 13.6. The number of rotatable bonds is 8. The van der Waals surface area contributed by atoms with Gasteiger partial charge in [0, 0.05) is 31.0 Å². The van der Waals surface area contributed by atoms with E-state index >= 15 is 0 Å². The molecule has 0 saturated carbocycles. The number of nitro groups is 1. The van der Waals surface area contributed by atoms with Gasteiger partial charge in [-0.05, 0) is 29.2 Å². The number of likely N-dealkylation sites (tertiary alicyclic amines) is 1. The largest absolute Gasteiger partial charge is 0.573 e. The number of alkyl halides is 3. The maximum atomic E-state index is 12.2. The van der Waals surface area contributed by atoms with Crippen LogP contribution in [0.4, 0.5) is 19.0 Å². The molecule has 1 aromatic carbocycles. The Balaban J connectivity index is 1.14. The van der Waals surface area contributed by atoms with Crippen molar-refractivity contribution in [2.24, 2.45) is 0 Å². The van der Waals surface area contributed by atoms with Gasteiger partial charge < -0.3 is 29.6 Å². The lowest BCUT2D eigenvalue weighted by Gasteiger charge is -2.39. The Morgan fingerprint density at radius 3 is 2.61 bits per heavy atom. The Labute approximate surface area is 185 Å². The topological polar surface area (TPSA) is 121 Å². The van der Waals surface area contributed by atoms with Crippen LogP contribution in [0.2, 0.25) is 0 Å². The number of nitrogens with one attached hydrogen (secondary N) is 1. The molecule has 2 aliphatic rings. The maximum absolute atomic E-state index is 12.2. The Morgan fingerprint density at radius 1 is 1.24 bits per heavy atom. The molecule has 3 heterocycles. The summed E-state index contributed by atoms with van der Waals surface area (Å²) in [6.45, 7) is 2.19. The van der Waals surface area contributed by atoms with Crippen LogP contribution in [-0.2, 0) is 11.3 Å². The lowest BCUT2D eigenvalue weighted by atomic mass is 10.1. The van der Waals surface area contributed by atoms with Gasteiger partial charge in [0.15, 0.2) is 0 Å². The van der Waals surface area contributed by atoms with Crippen LogP contribution < -0.4 is 19.5 Å². The lowest BCUT2D eigenvalue weighted by molar-refractivity contribution is -0.389. The molecule has 0 spiro atoms. The minimum Gasteiger partial charge on any atom is -0.488 e. The van der Waals surface area contributed by atoms with Crippen LogP contribution in [0.15, 0.2) is 30.5 Å². The Morgan fingerprint density at radius 2 is 1.94 bits per heavy atom. The second-order valence-electron chi connectivity index (χ2n) is 7.64. The summed E-state index contributed by atoms with van der Waals surface area (Å²) in [6.07, 6.45) is -3.34. The highest BCUT2D eigenvalue weighted by Crippen LogP contribution is 2.26. The minimum absolute atomic E-state index is 0.121. The molecule has 1 atom stereocenters. The number of halogens is 3. The van der Waals surface area contributed by atoms with Crippen LogP contribution in [0, 0.1) is 10.1 Å². The van der Waals surface area contributed by atoms with Crippen LogP contribution in [0.3, 0.4) is 0 Å². The Bertz CT molecular complexity index is 1010. The predicted octanol–water partition coefficient (Wildman–Crippen LogP) is 1.72. The molecule has 0 radical (unpaired) electrons. The third-order valence-electron chi connectivity index (χ3n) is 5.05. The second-order valence-corrected chi connectivity index (χ2v) is 7.64. The number of aromatic nitrogens is 2. The van der Waals surface area contributed by atoms with Crippen molar-refractivity contribution >= 4 is 11.7 Å². The zero-order valence-electron chi connectivity index (χ0n) is 17.2. The fourth-order valence-corrected chi connectivity index (χ4v) is 3.52. The zero-order chi connectivity index (χ0) is 23.6. The summed E-state index contributed by atoms with van der Waals surface area (Å²) in [5.41, 5.74) is 0. The van der Waals surface area contributed by atoms with Gasteiger partial charge in [0.25, 0.3) is 0 Å². The standard InChI is InChI=1S/C19H20F3N5O6/c20-19(21,22)33-14-3-1-13(2-4-14)32-15-8-25(9-15)6-5-17(28)23-12-7-26-10-16(27(29)30)24-18(26)31-11-12/h1-4,10,12,15H,5-9,11H2,(H,23,28). The highest BCUT2D eigenvalue weighted by atomic mass is 19.4. The van der Waals surface area contributed by atoms with E-state index in [2.05, 4.69) is 15.0 Å². The van der Waals surface area contributed by atoms with Crippen molar-refractivity contribution in [1.29, 1.82) is 0 Å². The van der Waals surface area contributed by atoms with E-state index in [9.17, 15) is 28.1 Å². The molecule has 0 aliphatic carbocycles. The van der Waals surface area contributed by atoms with Gasteiger partial charge in [0.1, 0.15) is 30.4 Å². The summed E-state index contributed by atoms with van der Waals surface area (Å²) in [7, 11) is 0. The van der Waals surface area contributed by atoms with Crippen molar-refractivity contribution in [3.05, 3.63) is 40.6 Å². The molecule has 2 aromatic rings. The first-order chi connectivity index (χ1) is 15.6. The van der Waals surface area contributed by atoms with Gasteiger partial charge in [-0.1, -0.05) is 0 Å². The first-order valence-electron chi connectivity index (χ1n) is 10.0. The van der Waals surface area contributed by atoms with Crippen molar-refractivity contribution in [3.8, 4) is 17.5 Å². The van der Waals surface area contributed by atoms with Gasteiger partial charge in [-0.15, -0.1) is 13.2 Å². The summed E-state index contributed by atoms with van der Waals surface area (Å²) in [6, 6.07) is 5.01. The van der Waals surface area contributed by atoms with Crippen molar-refractivity contribution < 1.29 is 37.1 Å². The van der Waals surface area contributed by atoms with Gasteiger partial charge >= 0.3 is 18.2 Å². The highest BCUT2D eigenvalue weighted by molar-refractivity contribution is 5.76. The first-order valence-corrected chi connectivity index (χ1v) is 10.0. The smallest absolute Gasteiger partial charge is 0.488 e. The summed E-state index contributed by atoms with van der Waals surface area (Å²) in [5.74, 6) is -0.367. The minimum atomic E-state index is -4.74. The third kappa shape index (κ3) is 6.03. The molecule has 1 unspecified atom stereocenters. The van der Waals surface area contributed by atoms with Crippen LogP contribution in [0.5, 0.6) is 17.5 Å². The lowest BCUT2D eigenvalue weighted by Crippen LogP contribution is -2.54. The van der Waals surface area contributed by atoms with E-state index in [1.807, 2.05) is 4.90 Å². The number of imidazole rings is 1. The van der Waals surface area contributed by atoms with E-state index in [-0.39, 0.29) is 48.7 Å². The van der Waals surface area contributed by atoms with E-state index in [0.29, 0.717) is 31.9 Å². The van der Waals surface area contributed by atoms with Gasteiger partial charge in [-0.3, -0.25) is 14.3 Å². The number of nitrogens with zero attached hydrogens (tertiary/aromatic N) is 4. The van der Waals surface area contributed by atoms with E-state index in [1.54, 1.807) is 0 Å². The molecule has 1 N–H and O–H groups in total. The molecular formula is C19H20F3N5O6. The third-order valence-corrected chi connectivity index (χ3v) is 5.05. The monoisotopic (exact) mass is 471 g/mol. The number of ether oxygens (including phenoxy) is 3. The van der Waals surface area contributed by atoms with Gasteiger partial charge in [0.2, 0.25) is 5.91 Å². The van der Waals surface area contributed by atoms with E-state index in [1.165, 1.54) is 35.0 Å². The molecule has 11 nitrogen and oxygen atoms in total. The fraction of sp³-hybridized carbons (Fsp3) is 0.474. The summed E-state index contributed by atoms with van der Waals surface area (Å²) >= 11 is 0. The number of benzene rings is 1. The number of carbonyl (C=O) groups is 1. The normalized spacial score (nSPS) is 18.6. The van der Waals surface area contributed by atoms with Crippen LogP contribution in [0.1, 0.15) is 6.42 Å². The molecule has 1 aromatic heterocycles. The highest BCUT2D eigenvalue weighted by Gasteiger charge is 2.32. The van der Waals surface area contributed by atoms with Crippen molar-refractivity contribution in [2.45, 2.75) is 31.5 Å². The number of carbonyl (C=O) groups excluding carboxylic acids is 1. The SMILES string of the molecule is O=C(CCN1CC(Oc2ccc(OC(F)(F)F)cc2)C1)NC1COc2nc([N+](=O)[O-])cn2C1. The Kier molecular flexibility index (Phi) is 6.26. The zero-order valence-corrected chi connectivity index (χ0v) is 17.2. The molecule has 4 rings (SSSR count). The summed E-state index contributed by atoms with van der Waals surface area (Å²) in [4.78, 5) is 28.2. The average Bonchev–Trinajstić information content (AvgIpc) is 3.13. The van der Waals surface area contributed by atoms with Crippen LogP contribution >= 0.6 is 0 Å². The van der Waals surface area contributed by atoms with Crippen LogP contribution in [0.25, 0.3) is 0 Å². The van der Waals surface area contributed by atoms with Crippen molar-refractivity contribution in [1.82, 2.24) is 19.8 Å². The van der Waals surface area contributed by atoms with Gasteiger partial charge in [-0.25, -0.2) is 0 Å². The predicted molar refractivity (Wildman–Crippen MR) is 105 cm³/mol. The molecule has 33 heavy (non-hydrogen) atoms. The molecule has 1 fully saturated rings. The quantitative estimate of drug-likeness (QED) is 0.457. The number of fused-ring (bicyclic) bond motifs is 1. The van der Waals surface area contributed by atoms with Crippen LogP contribution in [-0.4, -0.2) is 70.0 Å². The molecule has 14 heteroatoms. The fourth-order valence-electron chi connectivity index (χ4n) is 3.52. The number of amides is 1. The van der Waals surface area contributed by atoms with E-state index in [0.717, 1.165) is 0 Å². The molecule has 1 amide bonds. The summed E-state index contributed by atoms with van der Waals surface area (Å²) < 4.78 is 52.9. The molecule has 2 aliphatic heterocycles. The molecular weight excluding hydrogens is 451 g/mol. The van der Waals surface area contributed by atoms with E-state index in [4.69, 9.17) is 9.47 Å². The molecule has 0 bridgehead atoms. The number of hydrogen-bond donors (Lipinski definition) is 1. The Hall–Kier alpha value is -3.55. The average molecular weight is 471 g/mol. The van der Waals surface area contributed by atoms with Crippen molar-refractivity contribution in [3.63, 3.8) is 0 Å². The maximum Gasteiger partial charge on any atom is 0.573 e. The molecule has 178 valence electrons. The van der Waals surface area contributed by atoms with E-state index < -0.39 is 11.3 Å². The molecule has 1 saturated heterocycles. The second kappa shape index (κ2) is 9.13. The van der Waals surface area contributed by atoms with Gasteiger partial charge in [-0.2, -0.15) is 0 Å². The van der Waals surface area contributed by atoms with Crippen molar-refractivity contribution in [2.75, 3.05) is 26.2 Å². The number of hydrogen-bond acceptors (Lipinski definition) is 8. The first kappa shape index (κ1) is 22.6.